The predicted octanol–water partition coefficient (Wildman–Crippen LogP) is 26.6. The summed E-state index contributed by atoms with van der Waals surface area (Å²) in [6, 6.07) is -0.541. The third-order valence-corrected chi connectivity index (χ3v) is 18.9. The number of carbonyl (C=O) groups is 2. The largest absolute Gasteiger partial charge is 0.466 e. The maximum absolute atomic E-state index is 12.6. The van der Waals surface area contributed by atoms with E-state index in [-0.39, 0.29) is 18.5 Å². The van der Waals surface area contributed by atoms with Crippen LogP contribution < -0.4 is 5.32 Å². The monoisotopic (exact) mass is 1240 g/mol. The smallest absolute Gasteiger partial charge is 0.305 e. The second-order valence-electron chi connectivity index (χ2n) is 27.7. The van der Waals surface area contributed by atoms with Crippen LogP contribution >= 0.6 is 0 Å². The topological polar surface area (TPSA) is 95.9 Å². The second kappa shape index (κ2) is 77.5. The van der Waals surface area contributed by atoms with Gasteiger partial charge in [-0.15, -0.1) is 0 Å². The molecule has 88 heavy (non-hydrogen) atoms. The summed E-state index contributed by atoms with van der Waals surface area (Å²) in [7, 11) is 0. The van der Waals surface area contributed by atoms with Crippen LogP contribution in [0.25, 0.3) is 0 Å². The van der Waals surface area contributed by atoms with E-state index in [1.165, 1.54) is 366 Å². The zero-order valence-corrected chi connectivity index (χ0v) is 59.7. The van der Waals surface area contributed by atoms with Gasteiger partial charge in [-0.3, -0.25) is 9.59 Å². The van der Waals surface area contributed by atoms with Crippen molar-refractivity contribution in [2.45, 2.75) is 463 Å². The quantitative estimate of drug-likeness (QED) is 0.0320. The van der Waals surface area contributed by atoms with E-state index in [4.69, 9.17) is 4.74 Å². The van der Waals surface area contributed by atoms with Gasteiger partial charge in [-0.2, -0.15) is 0 Å². The highest BCUT2D eigenvalue weighted by Crippen LogP contribution is 2.20. The van der Waals surface area contributed by atoms with Gasteiger partial charge in [0.05, 0.1) is 25.4 Å². The van der Waals surface area contributed by atoms with Gasteiger partial charge in [0.1, 0.15) is 0 Å². The predicted molar refractivity (Wildman–Crippen MR) is 389 cm³/mol. The first-order valence-electron chi connectivity index (χ1n) is 40.2. The van der Waals surface area contributed by atoms with Crippen molar-refractivity contribution >= 4 is 11.9 Å². The fraction of sp³-hybridized carbons (Fsp3) is 0.902. The van der Waals surface area contributed by atoms with Gasteiger partial charge in [-0.1, -0.05) is 391 Å². The summed E-state index contributed by atoms with van der Waals surface area (Å²) in [5.41, 5.74) is 0. The summed E-state index contributed by atoms with van der Waals surface area (Å²) in [4.78, 5) is 24.6. The Hall–Kier alpha value is -1.92. The number of esters is 1. The van der Waals surface area contributed by atoms with E-state index in [0.717, 1.165) is 51.4 Å². The van der Waals surface area contributed by atoms with Gasteiger partial charge in [0, 0.05) is 12.8 Å². The van der Waals surface area contributed by atoms with Gasteiger partial charge >= 0.3 is 5.97 Å². The van der Waals surface area contributed by atoms with E-state index in [0.29, 0.717) is 25.9 Å². The summed E-state index contributed by atoms with van der Waals surface area (Å²) in [5.74, 6) is -0.0171. The van der Waals surface area contributed by atoms with Gasteiger partial charge in [0.2, 0.25) is 5.91 Å². The molecule has 0 aromatic carbocycles. The molecule has 6 nitrogen and oxygen atoms in total. The van der Waals surface area contributed by atoms with Crippen molar-refractivity contribution in [3.63, 3.8) is 0 Å². The van der Waals surface area contributed by atoms with Crippen LogP contribution in [-0.4, -0.2) is 47.4 Å². The van der Waals surface area contributed by atoms with Gasteiger partial charge in [-0.25, -0.2) is 0 Å². The molecular weight excluding hydrogens is 1080 g/mol. The standard InChI is InChI=1S/C82H157NO5/c1-3-5-7-9-11-13-15-17-18-19-20-38-41-44-47-51-54-58-62-66-70-74-80(85)79(78-84)83-81(86)75-71-67-63-59-55-52-48-45-42-39-36-34-32-30-28-26-24-22-21-23-25-27-29-31-33-35-37-40-43-46-49-53-57-61-65-69-73-77-88-82(87)76-72-68-64-60-56-50-16-14-12-10-8-6-4-2/h14,16,21,23,27,29,79-80,84-85H,3-13,15,17-20,22,24-26,28,30-78H2,1-2H3,(H,83,86)/b16-14-,23-21-,29-27-. The van der Waals surface area contributed by atoms with Crippen LogP contribution in [0.4, 0.5) is 0 Å². The lowest BCUT2D eigenvalue weighted by Crippen LogP contribution is -2.45. The molecule has 0 aliphatic heterocycles. The van der Waals surface area contributed by atoms with Crippen LogP contribution in [0.15, 0.2) is 36.5 Å². The molecule has 0 bridgehead atoms. The average molecular weight is 1240 g/mol. The minimum Gasteiger partial charge on any atom is -0.466 e. The van der Waals surface area contributed by atoms with Crippen molar-refractivity contribution in [2.24, 2.45) is 0 Å². The van der Waals surface area contributed by atoms with Gasteiger partial charge in [-0.05, 0) is 83.5 Å². The summed E-state index contributed by atoms with van der Waals surface area (Å²) in [6.07, 6.45) is 101. The Morgan fingerprint density at radius 2 is 0.568 bits per heavy atom. The van der Waals surface area contributed by atoms with Gasteiger partial charge in [0.25, 0.3) is 0 Å². The van der Waals surface area contributed by atoms with Gasteiger partial charge < -0.3 is 20.3 Å². The molecule has 520 valence electrons. The molecule has 2 atom stereocenters. The maximum Gasteiger partial charge on any atom is 0.305 e. The number of ether oxygens (including phenoxy) is 1. The molecule has 0 rings (SSSR count). The Balaban J connectivity index is 3.36. The number of rotatable bonds is 76. The molecule has 0 saturated carbocycles. The lowest BCUT2D eigenvalue weighted by atomic mass is 10.0. The van der Waals surface area contributed by atoms with Crippen LogP contribution in [0.3, 0.4) is 0 Å². The van der Waals surface area contributed by atoms with Crippen LogP contribution in [-0.2, 0) is 14.3 Å². The number of unbranched alkanes of at least 4 members (excludes halogenated alkanes) is 59. The molecule has 0 heterocycles. The third kappa shape index (κ3) is 73.1. The summed E-state index contributed by atoms with van der Waals surface area (Å²) < 4.78 is 5.48. The Kier molecular flexibility index (Phi) is 75.8. The summed E-state index contributed by atoms with van der Waals surface area (Å²) in [6.45, 7) is 4.98. The molecule has 0 fully saturated rings. The van der Waals surface area contributed by atoms with E-state index >= 15 is 0 Å². The van der Waals surface area contributed by atoms with Crippen molar-refractivity contribution in [1.82, 2.24) is 5.32 Å². The minimum absolute atomic E-state index is 0.0101. The Morgan fingerprint density at radius 1 is 0.318 bits per heavy atom. The van der Waals surface area contributed by atoms with Crippen LogP contribution in [0, 0.1) is 0 Å². The summed E-state index contributed by atoms with van der Waals surface area (Å²) >= 11 is 0. The Labute approximate surface area is 551 Å². The Morgan fingerprint density at radius 3 is 0.886 bits per heavy atom. The fourth-order valence-electron chi connectivity index (χ4n) is 12.8. The van der Waals surface area contributed by atoms with E-state index in [1.54, 1.807) is 0 Å². The molecule has 0 saturated heterocycles. The van der Waals surface area contributed by atoms with Crippen molar-refractivity contribution in [3.8, 4) is 0 Å². The number of allylic oxidation sites excluding steroid dienone is 6. The van der Waals surface area contributed by atoms with E-state index in [2.05, 4.69) is 55.6 Å². The van der Waals surface area contributed by atoms with Crippen molar-refractivity contribution in [3.05, 3.63) is 36.5 Å². The number of hydrogen-bond donors (Lipinski definition) is 3. The first-order valence-corrected chi connectivity index (χ1v) is 40.2. The highest BCUT2D eigenvalue weighted by molar-refractivity contribution is 5.76. The van der Waals surface area contributed by atoms with E-state index in [9.17, 15) is 19.8 Å². The SMILES string of the molecule is CCCCCC/C=C\CCCCCCCC(=O)OCCCCCCCCCCCCCCC/C=C\C/C=C\CCCCCCCCCCCCCCCCCCCC(=O)NC(CO)C(O)CCCCCCCCCCCCCCCCCCCCCCC. The first-order chi connectivity index (χ1) is 43.5. The number of aliphatic hydroxyl groups excluding tert-OH is 2. The average Bonchev–Trinajstić information content (AvgIpc) is 3.59. The zero-order chi connectivity index (χ0) is 63.5. The van der Waals surface area contributed by atoms with Crippen molar-refractivity contribution < 1.29 is 24.5 Å². The number of nitrogens with one attached hydrogen (secondary N) is 1. The van der Waals surface area contributed by atoms with E-state index < -0.39 is 12.1 Å². The second-order valence-corrected chi connectivity index (χ2v) is 27.7. The zero-order valence-electron chi connectivity index (χ0n) is 59.7. The lowest BCUT2D eigenvalue weighted by Gasteiger charge is -2.22. The maximum atomic E-state index is 12.6. The molecule has 0 aliphatic carbocycles. The van der Waals surface area contributed by atoms with Gasteiger partial charge in [0.15, 0.2) is 0 Å². The molecule has 0 aromatic heterocycles. The molecule has 6 heteroatoms. The van der Waals surface area contributed by atoms with Crippen molar-refractivity contribution in [1.29, 1.82) is 0 Å². The molecule has 0 aromatic rings. The highest BCUT2D eigenvalue weighted by atomic mass is 16.5. The van der Waals surface area contributed by atoms with Crippen molar-refractivity contribution in [2.75, 3.05) is 13.2 Å². The molecule has 0 radical (unpaired) electrons. The molecular formula is C82H157NO5. The molecule has 2 unspecified atom stereocenters. The third-order valence-electron chi connectivity index (χ3n) is 18.9. The highest BCUT2D eigenvalue weighted by Gasteiger charge is 2.20. The molecule has 3 N–H and O–H groups in total. The van der Waals surface area contributed by atoms with E-state index in [1.807, 2.05) is 0 Å². The Bertz CT molecular complexity index is 1430. The number of hydrogen-bond acceptors (Lipinski definition) is 5. The van der Waals surface area contributed by atoms with Crippen LogP contribution in [0.2, 0.25) is 0 Å². The van der Waals surface area contributed by atoms with Crippen LogP contribution in [0.5, 0.6) is 0 Å². The number of aliphatic hydroxyl groups is 2. The number of carbonyl (C=O) groups excluding carboxylic acids is 2. The molecule has 1 amide bonds. The summed E-state index contributed by atoms with van der Waals surface area (Å²) in [5, 5.41) is 23.5. The first kappa shape index (κ1) is 86.1. The fourth-order valence-corrected chi connectivity index (χ4v) is 12.8. The lowest BCUT2D eigenvalue weighted by molar-refractivity contribution is -0.143. The van der Waals surface area contributed by atoms with Crippen LogP contribution in [0.1, 0.15) is 450 Å². The molecule has 0 aliphatic rings. The number of amides is 1. The minimum atomic E-state index is -0.664. The normalized spacial score (nSPS) is 12.6. The molecule has 0 spiro atoms.